The monoisotopic (exact) mass is 297 g/mol. The maximum Gasteiger partial charge on any atom is 0.170 e. The lowest BCUT2D eigenvalue weighted by atomic mass is 10.2. The lowest BCUT2D eigenvalue weighted by Crippen LogP contribution is -1.82. The van der Waals surface area contributed by atoms with E-state index < -0.39 is 0 Å². The van der Waals surface area contributed by atoms with E-state index >= 15 is 0 Å². The van der Waals surface area contributed by atoms with Crippen molar-refractivity contribution in [1.82, 2.24) is 4.98 Å². The summed E-state index contributed by atoms with van der Waals surface area (Å²) in [6.45, 7) is 0. The van der Waals surface area contributed by atoms with Crippen LogP contribution >= 0.6 is 23.1 Å². The van der Waals surface area contributed by atoms with Crippen LogP contribution in [0.3, 0.4) is 0 Å². The van der Waals surface area contributed by atoms with E-state index in [0.29, 0.717) is 5.69 Å². The number of carbonyl (C=O) groups is 1. The van der Waals surface area contributed by atoms with E-state index in [1.165, 1.54) is 0 Å². The second kappa shape index (κ2) is 6.03. The number of aldehydes is 1. The van der Waals surface area contributed by atoms with Crippen molar-refractivity contribution in [2.24, 2.45) is 0 Å². The molecule has 0 saturated heterocycles. The minimum Gasteiger partial charge on any atom is -0.296 e. The van der Waals surface area contributed by atoms with Gasteiger partial charge in [-0.2, -0.15) is 0 Å². The molecule has 1 aromatic heterocycles. The zero-order chi connectivity index (χ0) is 13.8. The Kier molecular flexibility index (Phi) is 3.95. The van der Waals surface area contributed by atoms with Gasteiger partial charge in [0.15, 0.2) is 6.29 Å². The molecule has 0 fully saturated rings. The van der Waals surface area contributed by atoms with E-state index in [1.807, 2.05) is 60.7 Å². The van der Waals surface area contributed by atoms with Gasteiger partial charge in [0.1, 0.15) is 10.7 Å². The summed E-state index contributed by atoms with van der Waals surface area (Å²) in [6, 6.07) is 19.9. The Balaban J connectivity index is 1.95. The van der Waals surface area contributed by atoms with E-state index in [0.717, 1.165) is 26.0 Å². The Hall–Kier alpha value is -1.91. The molecule has 20 heavy (non-hydrogen) atoms. The number of benzene rings is 2. The zero-order valence-corrected chi connectivity index (χ0v) is 12.2. The Morgan fingerprint density at radius 1 is 0.950 bits per heavy atom. The first-order valence-electron chi connectivity index (χ1n) is 6.11. The molecular weight excluding hydrogens is 286 g/mol. The van der Waals surface area contributed by atoms with Crippen LogP contribution in [0.15, 0.2) is 69.8 Å². The van der Waals surface area contributed by atoms with E-state index in [2.05, 4.69) is 4.98 Å². The van der Waals surface area contributed by atoms with Crippen molar-refractivity contribution in [3.63, 3.8) is 0 Å². The topological polar surface area (TPSA) is 30.0 Å². The van der Waals surface area contributed by atoms with E-state index in [1.54, 1.807) is 23.1 Å². The highest BCUT2D eigenvalue weighted by molar-refractivity contribution is 8.01. The molecule has 0 radical (unpaired) electrons. The second-order valence-corrected chi connectivity index (χ2v) is 6.43. The van der Waals surface area contributed by atoms with Crippen LogP contribution in [0.4, 0.5) is 0 Å². The van der Waals surface area contributed by atoms with E-state index in [-0.39, 0.29) is 0 Å². The summed E-state index contributed by atoms with van der Waals surface area (Å²) in [5.41, 5.74) is 1.56. The molecule has 0 aliphatic carbocycles. The van der Waals surface area contributed by atoms with Crippen LogP contribution in [0.25, 0.3) is 10.6 Å². The van der Waals surface area contributed by atoms with Crippen molar-refractivity contribution < 1.29 is 4.79 Å². The van der Waals surface area contributed by atoms with E-state index in [4.69, 9.17) is 0 Å². The first-order valence-corrected chi connectivity index (χ1v) is 7.74. The van der Waals surface area contributed by atoms with Gasteiger partial charge in [0, 0.05) is 10.5 Å². The summed E-state index contributed by atoms with van der Waals surface area (Å²) in [7, 11) is 0. The number of thiazole rings is 1. The predicted octanol–water partition coefficient (Wildman–Crippen LogP) is 4.77. The third-order valence-electron chi connectivity index (χ3n) is 2.71. The van der Waals surface area contributed by atoms with Gasteiger partial charge in [-0.05, 0) is 12.1 Å². The Bertz CT molecular complexity index is 708. The molecule has 0 saturated carbocycles. The van der Waals surface area contributed by atoms with Crippen molar-refractivity contribution >= 4 is 29.4 Å². The summed E-state index contributed by atoms with van der Waals surface area (Å²) in [4.78, 5) is 16.7. The highest BCUT2D eigenvalue weighted by Crippen LogP contribution is 2.37. The molecule has 0 amide bonds. The first kappa shape index (κ1) is 13.1. The number of hydrogen-bond donors (Lipinski definition) is 0. The second-order valence-electron chi connectivity index (χ2n) is 4.09. The summed E-state index contributed by atoms with van der Waals surface area (Å²) in [5.74, 6) is 0. The van der Waals surface area contributed by atoms with Gasteiger partial charge < -0.3 is 0 Å². The van der Waals surface area contributed by atoms with Crippen LogP contribution in [-0.4, -0.2) is 11.3 Å². The molecule has 3 aromatic rings. The maximum absolute atomic E-state index is 11.2. The lowest BCUT2D eigenvalue weighted by molar-refractivity contribution is 0.111. The van der Waals surface area contributed by atoms with Crippen LogP contribution in [0.1, 0.15) is 10.5 Å². The molecule has 0 spiro atoms. The molecule has 98 valence electrons. The van der Waals surface area contributed by atoms with Crippen LogP contribution in [-0.2, 0) is 0 Å². The highest BCUT2D eigenvalue weighted by Gasteiger charge is 2.13. The van der Waals surface area contributed by atoms with Gasteiger partial charge in [-0.3, -0.25) is 4.79 Å². The number of carbonyl (C=O) groups excluding carboxylic acids is 1. The first-order chi connectivity index (χ1) is 9.86. The predicted molar refractivity (Wildman–Crippen MR) is 83.5 cm³/mol. The number of aromatic nitrogens is 1. The molecule has 0 unspecified atom stereocenters. The molecule has 0 aliphatic heterocycles. The molecule has 4 heteroatoms. The summed E-state index contributed by atoms with van der Waals surface area (Å²) in [5, 5.41) is 0.881. The number of nitrogens with zero attached hydrogens (tertiary/aromatic N) is 1. The molecule has 3 rings (SSSR count). The zero-order valence-electron chi connectivity index (χ0n) is 10.5. The van der Waals surface area contributed by atoms with Crippen molar-refractivity contribution in [3.05, 3.63) is 66.4 Å². The van der Waals surface area contributed by atoms with Gasteiger partial charge in [-0.25, -0.2) is 4.98 Å². The van der Waals surface area contributed by atoms with Gasteiger partial charge in [0.2, 0.25) is 0 Å². The Morgan fingerprint density at radius 2 is 1.60 bits per heavy atom. The molecule has 2 aromatic carbocycles. The van der Waals surface area contributed by atoms with Crippen molar-refractivity contribution in [2.75, 3.05) is 0 Å². The summed E-state index contributed by atoms with van der Waals surface area (Å²) < 4.78 is 0.935. The molecule has 0 N–H and O–H groups in total. The fourth-order valence-corrected chi connectivity index (χ4v) is 3.93. The molecule has 1 heterocycles. The highest BCUT2D eigenvalue weighted by atomic mass is 32.2. The molecule has 0 atom stereocenters. The minimum atomic E-state index is 0.516. The standard InChI is InChI=1S/C16H11NOS2/c18-11-14-16(19-13-9-5-2-6-10-13)20-15(17-14)12-7-3-1-4-8-12/h1-11H. The maximum atomic E-state index is 11.2. The molecule has 0 aliphatic rings. The Labute approximate surface area is 125 Å². The smallest absolute Gasteiger partial charge is 0.170 e. The van der Waals surface area contributed by atoms with Gasteiger partial charge in [0.05, 0.1) is 4.21 Å². The average molecular weight is 297 g/mol. The number of rotatable bonds is 4. The normalized spacial score (nSPS) is 10.4. The van der Waals surface area contributed by atoms with Crippen molar-refractivity contribution in [2.45, 2.75) is 9.10 Å². The third kappa shape index (κ3) is 2.81. The van der Waals surface area contributed by atoms with Gasteiger partial charge in [-0.15, -0.1) is 11.3 Å². The minimum absolute atomic E-state index is 0.516. The van der Waals surface area contributed by atoms with Gasteiger partial charge in [-0.1, -0.05) is 60.3 Å². The van der Waals surface area contributed by atoms with Gasteiger partial charge >= 0.3 is 0 Å². The largest absolute Gasteiger partial charge is 0.296 e. The van der Waals surface area contributed by atoms with Crippen molar-refractivity contribution in [1.29, 1.82) is 0 Å². The Morgan fingerprint density at radius 3 is 2.25 bits per heavy atom. The average Bonchev–Trinajstić information content (AvgIpc) is 2.92. The van der Waals surface area contributed by atoms with Gasteiger partial charge in [0.25, 0.3) is 0 Å². The fourth-order valence-electron chi connectivity index (χ4n) is 1.77. The van der Waals surface area contributed by atoms with E-state index in [9.17, 15) is 4.79 Å². The van der Waals surface area contributed by atoms with Crippen LogP contribution in [0.5, 0.6) is 0 Å². The lowest BCUT2D eigenvalue weighted by Gasteiger charge is -1.97. The SMILES string of the molecule is O=Cc1nc(-c2ccccc2)sc1Sc1ccccc1. The van der Waals surface area contributed by atoms with Crippen LogP contribution < -0.4 is 0 Å². The molecule has 0 bridgehead atoms. The van der Waals surface area contributed by atoms with Crippen molar-refractivity contribution in [3.8, 4) is 10.6 Å². The number of hydrogen-bond acceptors (Lipinski definition) is 4. The molecular formula is C16H11NOS2. The van der Waals surface area contributed by atoms with Crippen LogP contribution in [0, 0.1) is 0 Å². The quantitative estimate of drug-likeness (QED) is 0.649. The molecule has 2 nitrogen and oxygen atoms in total. The van der Waals surface area contributed by atoms with Crippen LogP contribution in [0.2, 0.25) is 0 Å². The summed E-state index contributed by atoms with van der Waals surface area (Å²) in [6.07, 6.45) is 0.828. The summed E-state index contributed by atoms with van der Waals surface area (Å²) >= 11 is 3.13. The fraction of sp³-hybridized carbons (Fsp3) is 0. The third-order valence-corrected chi connectivity index (χ3v) is 5.02.